The molecule has 1 aliphatic rings. The number of carbonyl (C=O) groups is 1. The molecule has 0 bridgehead atoms. The molecule has 1 amide bonds. The Morgan fingerprint density at radius 2 is 1.64 bits per heavy atom. The molecule has 2 unspecified atom stereocenters. The number of rotatable bonds is 16. The van der Waals surface area contributed by atoms with Crippen molar-refractivity contribution in [2.75, 3.05) is 19.6 Å². The Labute approximate surface area is 174 Å². The summed E-state index contributed by atoms with van der Waals surface area (Å²) in [6.45, 7) is 11.1. The average Bonchev–Trinajstić information content (AvgIpc) is 3.09. The van der Waals surface area contributed by atoms with Crippen LogP contribution in [-0.2, 0) is 4.79 Å². The van der Waals surface area contributed by atoms with Crippen molar-refractivity contribution in [3.63, 3.8) is 0 Å². The summed E-state index contributed by atoms with van der Waals surface area (Å²) in [5.74, 6) is 1.36. The van der Waals surface area contributed by atoms with Crippen LogP contribution in [0.3, 0.4) is 0 Å². The summed E-state index contributed by atoms with van der Waals surface area (Å²) >= 11 is 0. The molecule has 0 radical (unpaired) electrons. The van der Waals surface area contributed by atoms with Crippen LogP contribution in [0.25, 0.3) is 0 Å². The molecule has 0 aromatic rings. The monoisotopic (exact) mass is 392 g/mol. The molecule has 0 aliphatic carbocycles. The number of likely N-dealkylation sites (N-methyl/N-ethyl adjacent to an activating group) is 1. The molecule has 1 N–H and O–H groups in total. The van der Waals surface area contributed by atoms with Gasteiger partial charge in [0.05, 0.1) is 13.1 Å². The highest BCUT2D eigenvalue weighted by Gasteiger charge is 2.41. The first-order valence-corrected chi connectivity index (χ1v) is 11.9. The first-order valence-electron chi connectivity index (χ1n) is 11.9. The van der Waals surface area contributed by atoms with Crippen molar-refractivity contribution in [3.8, 4) is 0 Å². The van der Waals surface area contributed by atoms with Gasteiger partial charge in [-0.1, -0.05) is 64.0 Å². The highest BCUT2D eigenvalue weighted by molar-refractivity contribution is 5.78. The van der Waals surface area contributed by atoms with Gasteiger partial charge in [-0.3, -0.25) is 9.28 Å². The zero-order chi connectivity index (χ0) is 20.7. The Morgan fingerprint density at radius 3 is 2.25 bits per heavy atom. The highest BCUT2D eigenvalue weighted by atomic mass is 16.1. The number of amidine groups is 1. The van der Waals surface area contributed by atoms with E-state index in [1.807, 2.05) is 0 Å². The maximum absolute atomic E-state index is 11.5. The van der Waals surface area contributed by atoms with Crippen LogP contribution in [0, 0.1) is 0 Å². The van der Waals surface area contributed by atoms with E-state index in [0.29, 0.717) is 0 Å². The third-order valence-electron chi connectivity index (χ3n) is 6.19. The fourth-order valence-corrected chi connectivity index (χ4v) is 4.37. The second kappa shape index (κ2) is 14.8. The van der Waals surface area contributed by atoms with E-state index in [2.05, 4.69) is 38.2 Å². The van der Waals surface area contributed by atoms with Gasteiger partial charge in [0.1, 0.15) is 6.54 Å². The van der Waals surface area contributed by atoms with Gasteiger partial charge in [-0.25, -0.2) is 4.99 Å². The number of carbonyl (C=O) groups excluding carboxylic acids is 1. The van der Waals surface area contributed by atoms with Gasteiger partial charge < -0.3 is 5.32 Å². The zero-order valence-corrected chi connectivity index (χ0v) is 19.1. The molecular weight excluding hydrogens is 346 g/mol. The number of nitrogens with one attached hydrogen (secondary N) is 1. The van der Waals surface area contributed by atoms with Crippen LogP contribution >= 0.6 is 0 Å². The van der Waals surface area contributed by atoms with E-state index in [-0.39, 0.29) is 12.1 Å². The van der Waals surface area contributed by atoms with E-state index in [9.17, 15) is 4.79 Å². The lowest BCUT2D eigenvalue weighted by Crippen LogP contribution is -2.62. The molecule has 0 saturated heterocycles. The Morgan fingerprint density at radius 1 is 1.04 bits per heavy atom. The molecule has 0 aromatic heterocycles. The van der Waals surface area contributed by atoms with E-state index in [4.69, 9.17) is 4.99 Å². The van der Waals surface area contributed by atoms with Crippen molar-refractivity contribution in [3.05, 3.63) is 12.2 Å². The van der Waals surface area contributed by atoms with Gasteiger partial charge in [-0.05, 0) is 32.6 Å². The van der Waals surface area contributed by atoms with Gasteiger partial charge >= 0.3 is 0 Å². The van der Waals surface area contributed by atoms with Crippen LogP contribution < -0.4 is 5.32 Å². The summed E-state index contributed by atoms with van der Waals surface area (Å²) in [6, 6.07) is 0. The predicted molar refractivity (Wildman–Crippen MR) is 121 cm³/mol. The lowest BCUT2D eigenvalue weighted by molar-refractivity contribution is -0.861. The maximum atomic E-state index is 11.5. The van der Waals surface area contributed by atoms with Crippen LogP contribution in [0.15, 0.2) is 17.1 Å². The summed E-state index contributed by atoms with van der Waals surface area (Å²) in [4.78, 5) is 16.3. The largest absolute Gasteiger partial charge is 0.307 e. The molecule has 162 valence electrons. The van der Waals surface area contributed by atoms with Crippen molar-refractivity contribution < 1.29 is 9.28 Å². The van der Waals surface area contributed by atoms with Crippen molar-refractivity contribution in [1.29, 1.82) is 0 Å². The minimum Gasteiger partial charge on any atom is -0.307 e. The fourth-order valence-electron chi connectivity index (χ4n) is 4.37. The van der Waals surface area contributed by atoms with Crippen LogP contribution in [-0.4, -0.2) is 42.0 Å². The molecule has 1 heterocycles. The molecule has 28 heavy (non-hydrogen) atoms. The number of hydrogen-bond acceptors (Lipinski definition) is 2. The number of amides is 1. The molecule has 0 spiro atoms. The average molecular weight is 393 g/mol. The van der Waals surface area contributed by atoms with Gasteiger partial charge in [0, 0.05) is 20.3 Å². The highest BCUT2D eigenvalue weighted by Crippen LogP contribution is 2.23. The van der Waals surface area contributed by atoms with Gasteiger partial charge in [-0.15, -0.1) is 0 Å². The second-order valence-electron chi connectivity index (χ2n) is 8.38. The van der Waals surface area contributed by atoms with E-state index in [1.165, 1.54) is 76.5 Å². The summed E-state index contributed by atoms with van der Waals surface area (Å²) in [7, 11) is 0. The minimum absolute atomic E-state index is 0.0566. The minimum atomic E-state index is 0.0566. The number of allylic oxidation sites excluding steroid dienone is 2. The van der Waals surface area contributed by atoms with Gasteiger partial charge in [0.25, 0.3) is 0 Å². The molecule has 4 heteroatoms. The number of hydrogen-bond donors (Lipinski definition) is 1. The van der Waals surface area contributed by atoms with Crippen molar-refractivity contribution >= 4 is 11.7 Å². The molecule has 0 aromatic carbocycles. The summed E-state index contributed by atoms with van der Waals surface area (Å²) in [5, 5.41) is 3.10. The molecule has 1 rings (SSSR count). The Hall–Kier alpha value is -1.16. The van der Waals surface area contributed by atoms with Gasteiger partial charge in [0.15, 0.2) is 12.0 Å². The summed E-state index contributed by atoms with van der Waals surface area (Å²) in [6.07, 6.45) is 20.4. The molecule has 1 aliphatic heterocycles. The Balaban J connectivity index is 2.13. The van der Waals surface area contributed by atoms with E-state index >= 15 is 0 Å². The van der Waals surface area contributed by atoms with Crippen molar-refractivity contribution in [2.24, 2.45) is 4.99 Å². The molecule has 0 fully saturated rings. The van der Waals surface area contributed by atoms with E-state index < -0.39 is 0 Å². The number of aliphatic imine (C=N–C) groups is 1. The normalized spacial score (nSPS) is 20.5. The first kappa shape index (κ1) is 24.9. The van der Waals surface area contributed by atoms with Crippen molar-refractivity contribution in [1.82, 2.24) is 5.32 Å². The van der Waals surface area contributed by atoms with Crippen LogP contribution in [0.2, 0.25) is 0 Å². The molecule has 0 saturated carbocycles. The Bertz CT molecular complexity index is 486. The number of nitrogens with zero attached hydrogens (tertiary/aromatic N) is 2. The molecule has 2 atom stereocenters. The Kier molecular flexibility index (Phi) is 13.1. The topological polar surface area (TPSA) is 41.5 Å². The SMILES string of the molecule is CCCC/C=C/CCCCCCCCCC1=NCC[N+]1(CC)C(C)NC(C)=O. The molecule has 4 nitrogen and oxygen atoms in total. The fraction of sp³-hybridized carbons (Fsp3) is 0.833. The standard InChI is InChI=1S/C24H45N3O/c1-5-7-8-9-10-11-12-13-14-15-16-17-18-19-24-25-20-21-27(24,6-2)22(3)26-23(4)28/h9-10,22H,5-8,11-21H2,1-4H3/p+1/b10-9+. The third kappa shape index (κ3) is 8.89. The smallest absolute Gasteiger partial charge is 0.221 e. The maximum Gasteiger partial charge on any atom is 0.221 e. The predicted octanol–water partition coefficient (Wildman–Crippen LogP) is 5.97. The van der Waals surface area contributed by atoms with Crippen molar-refractivity contribution in [2.45, 2.75) is 111 Å². The lowest BCUT2D eigenvalue weighted by Gasteiger charge is -2.39. The third-order valence-corrected chi connectivity index (χ3v) is 6.19. The summed E-state index contributed by atoms with van der Waals surface area (Å²) in [5.41, 5.74) is 0. The molecular formula is C24H46N3O+. The van der Waals surface area contributed by atoms with Crippen LogP contribution in [0.1, 0.15) is 105 Å². The lowest BCUT2D eigenvalue weighted by atomic mass is 10.1. The second-order valence-corrected chi connectivity index (χ2v) is 8.38. The first-order chi connectivity index (χ1) is 13.6. The van der Waals surface area contributed by atoms with E-state index in [0.717, 1.165) is 30.5 Å². The van der Waals surface area contributed by atoms with E-state index in [1.54, 1.807) is 6.92 Å². The zero-order valence-electron chi connectivity index (χ0n) is 19.1. The van der Waals surface area contributed by atoms with Crippen LogP contribution in [0.5, 0.6) is 0 Å². The van der Waals surface area contributed by atoms with Gasteiger partial charge in [-0.2, -0.15) is 0 Å². The number of quaternary nitrogens is 1. The van der Waals surface area contributed by atoms with Gasteiger partial charge in [0.2, 0.25) is 5.91 Å². The van der Waals surface area contributed by atoms with Crippen LogP contribution in [0.4, 0.5) is 0 Å². The quantitative estimate of drug-likeness (QED) is 0.196. The number of unbranched alkanes of at least 4 members (excludes halogenated alkanes) is 9. The summed E-state index contributed by atoms with van der Waals surface area (Å²) < 4.78 is 0.853.